The second kappa shape index (κ2) is 4.26. The number of likely N-dealkylation sites (N-methyl/N-ethyl adjacent to an activating group) is 1. The maximum Gasteiger partial charge on any atom is 0.376 e. The number of nitrogens with zero attached hydrogens (tertiary/aromatic N) is 3. The second-order valence-corrected chi connectivity index (χ2v) is 6.06. The van der Waals surface area contributed by atoms with Crippen LogP contribution >= 0.6 is 15.9 Å². The number of hydrogen-bond acceptors (Lipinski definition) is 4. The first-order chi connectivity index (χ1) is 9.46. The maximum absolute atomic E-state index is 12.5. The molecule has 2 aliphatic heterocycles. The number of halogens is 1. The predicted octanol–water partition coefficient (Wildman–Crippen LogP) is 2.17. The summed E-state index contributed by atoms with van der Waals surface area (Å²) in [6, 6.07) is 5.09. The average molecular weight is 340 g/mol. The highest BCUT2D eigenvalue weighted by Gasteiger charge is 2.82. The van der Waals surface area contributed by atoms with E-state index in [1.165, 1.54) is 4.90 Å². The summed E-state index contributed by atoms with van der Waals surface area (Å²) >= 11 is 3.39. The zero-order valence-electron chi connectivity index (χ0n) is 11.2. The van der Waals surface area contributed by atoms with Crippen LogP contribution in [0.15, 0.2) is 22.7 Å². The fourth-order valence-electron chi connectivity index (χ4n) is 3.19. The van der Waals surface area contributed by atoms with Crippen LogP contribution < -0.4 is 4.90 Å². The highest BCUT2D eigenvalue weighted by molar-refractivity contribution is 9.10. The molecule has 1 unspecified atom stereocenters. The van der Waals surface area contributed by atoms with E-state index in [1.807, 2.05) is 25.1 Å². The first-order valence-electron chi connectivity index (χ1n) is 6.45. The fourth-order valence-corrected chi connectivity index (χ4v) is 3.57. The van der Waals surface area contributed by atoms with Gasteiger partial charge in [-0.05, 0) is 24.6 Å². The molecule has 3 atom stereocenters. The molecular weight excluding hydrogens is 326 g/mol. The van der Waals surface area contributed by atoms with Gasteiger partial charge in [-0.3, -0.25) is 14.9 Å². The van der Waals surface area contributed by atoms with E-state index in [0.29, 0.717) is 6.54 Å². The number of anilines is 1. The SMILES string of the molecule is CCCN1[C@@H]2c3cc(Br)ccc3N(C)C(=O)[C@@]21[N+](=O)[O-]. The van der Waals surface area contributed by atoms with Gasteiger partial charge in [0.2, 0.25) is 0 Å². The molecule has 2 heterocycles. The van der Waals surface area contributed by atoms with Crippen molar-refractivity contribution >= 4 is 27.5 Å². The molecule has 6 nitrogen and oxygen atoms in total. The molecule has 2 aliphatic rings. The summed E-state index contributed by atoms with van der Waals surface area (Å²) in [6.07, 6.45) is 0.770. The quantitative estimate of drug-likeness (QED) is 0.481. The lowest BCUT2D eigenvalue weighted by atomic mass is 9.98. The zero-order valence-corrected chi connectivity index (χ0v) is 12.8. The number of hydrogen-bond donors (Lipinski definition) is 0. The highest BCUT2D eigenvalue weighted by atomic mass is 79.9. The number of carbonyl (C=O) groups is 1. The lowest BCUT2D eigenvalue weighted by Crippen LogP contribution is -2.49. The first-order valence-corrected chi connectivity index (χ1v) is 7.24. The van der Waals surface area contributed by atoms with E-state index in [2.05, 4.69) is 15.9 Å². The normalized spacial score (nSPS) is 30.8. The Bertz CT molecular complexity index is 621. The minimum Gasteiger partial charge on any atom is -0.308 e. The van der Waals surface area contributed by atoms with E-state index in [4.69, 9.17) is 0 Å². The third-order valence-electron chi connectivity index (χ3n) is 4.07. The molecule has 1 amide bonds. The Morgan fingerprint density at radius 1 is 1.50 bits per heavy atom. The number of fused-ring (bicyclic) bond motifs is 3. The molecule has 20 heavy (non-hydrogen) atoms. The van der Waals surface area contributed by atoms with Crippen molar-refractivity contribution in [2.24, 2.45) is 0 Å². The first kappa shape index (κ1) is 13.5. The van der Waals surface area contributed by atoms with Crippen molar-refractivity contribution in [3.8, 4) is 0 Å². The standard InChI is InChI=1S/C13H14BrN3O3/c1-3-6-16-11-9-7-8(14)4-5-10(9)15(2)12(18)13(11,16)17(19)20/h4-5,7,11H,3,6H2,1-2H3/t11-,13+,16?/m1/s1. The van der Waals surface area contributed by atoms with Crippen LogP contribution in [-0.4, -0.2) is 35.0 Å². The van der Waals surface area contributed by atoms with E-state index in [9.17, 15) is 14.9 Å². The number of amides is 1. The molecule has 106 valence electrons. The summed E-state index contributed by atoms with van der Waals surface area (Å²) < 4.78 is 0.861. The molecule has 0 radical (unpaired) electrons. The van der Waals surface area contributed by atoms with Gasteiger partial charge in [0.1, 0.15) is 6.04 Å². The van der Waals surface area contributed by atoms with Gasteiger partial charge < -0.3 is 4.90 Å². The summed E-state index contributed by atoms with van der Waals surface area (Å²) in [4.78, 5) is 26.7. The van der Waals surface area contributed by atoms with Crippen molar-refractivity contribution in [3.05, 3.63) is 38.3 Å². The van der Waals surface area contributed by atoms with Crippen molar-refractivity contribution in [1.82, 2.24) is 4.90 Å². The fraction of sp³-hybridized carbons (Fsp3) is 0.462. The molecule has 1 aromatic carbocycles. The van der Waals surface area contributed by atoms with Crippen LogP contribution in [0.25, 0.3) is 0 Å². The summed E-state index contributed by atoms with van der Waals surface area (Å²) in [5.74, 6) is -0.448. The number of benzene rings is 1. The van der Waals surface area contributed by atoms with Gasteiger partial charge in [0, 0.05) is 29.3 Å². The van der Waals surface area contributed by atoms with Crippen molar-refractivity contribution in [1.29, 1.82) is 0 Å². The Morgan fingerprint density at radius 3 is 2.80 bits per heavy atom. The summed E-state index contributed by atoms with van der Waals surface area (Å²) in [6.45, 7) is 2.49. The molecule has 0 aromatic heterocycles. The smallest absolute Gasteiger partial charge is 0.308 e. The van der Waals surface area contributed by atoms with E-state index < -0.39 is 22.5 Å². The van der Waals surface area contributed by atoms with Crippen LogP contribution in [0.2, 0.25) is 0 Å². The zero-order chi connectivity index (χ0) is 14.7. The topological polar surface area (TPSA) is 66.5 Å². The minimum atomic E-state index is -1.60. The minimum absolute atomic E-state index is 0.435. The van der Waals surface area contributed by atoms with E-state index in [0.717, 1.165) is 22.1 Å². The van der Waals surface area contributed by atoms with E-state index in [-0.39, 0.29) is 0 Å². The van der Waals surface area contributed by atoms with Crippen molar-refractivity contribution in [2.75, 3.05) is 18.5 Å². The largest absolute Gasteiger partial charge is 0.376 e. The van der Waals surface area contributed by atoms with E-state index >= 15 is 0 Å². The molecule has 1 aromatic rings. The van der Waals surface area contributed by atoms with Crippen LogP contribution in [0.3, 0.4) is 0 Å². The molecular formula is C13H14BrN3O3. The van der Waals surface area contributed by atoms with E-state index in [1.54, 1.807) is 11.9 Å². The van der Waals surface area contributed by atoms with Gasteiger partial charge in [0.25, 0.3) is 0 Å². The van der Waals surface area contributed by atoms with Gasteiger partial charge in [-0.15, -0.1) is 0 Å². The van der Waals surface area contributed by atoms with Gasteiger partial charge in [-0.25, -0.2) is 4.90 Å². The lowest BCUT2D eigenvalue weighted by Gasteiger charge is -2.25. The molecule has 0 bridgehead atoms. The Kier molecular flexibility index (Phi) is 2.88. The Hall–Kier alpha value is -1.47. The number of rotatable bonds is 3. The maximum atomic E-state index is 12.5. The van der Waals surface area contributed by atoms with Gasteiger partial charge in [-0.1, -0.05) is 22.9 Å². The molecule has 1 saturated heterocycles. The van der Waals surface area contributed by atoms with Crippen LogP contribution in [0.1, 0.15) is 24.9 Å². The third kappa shape index (κ3) is 1.44. The average Bonchev–Trinajstić information content (AvgIpc) is 3.07. The van der Waals surface area contributed by atoms with Gasteiger partial charge in [0.15, 0.2) is 0 Å². The Balaban J connectivity index is 2.18. The van der Waals surface area contributed by atoms with Crippen molar-refractivity contribution < 1.29 is 9.72 Å². The van der Waals surface area contributed by atoms with Crippen LogP contribution in [0, 0.1) is 10.1 Å². The summed E-state index contributed by atoms with van der Waals surface area (Å²) in [7, 11) is 1.60. The number of carbonyl (C=O) groups excluding carboxylic acids is 1. The lowest BCUT2D eigenvalue weighted by molar-refractivity contribution is -0.535. The van der Waals surface area contributed by atoms with Gasteiger partial charge in [-0.2, -0.15) is 0 Å². The summed E-state index contributed by atoms with van der Waals surface area (Å²) in [5, 5.41) is 11.6. The highest BCUT2D eigenvalue weighted by Crippen LogP contribution is 2.59. The molecule has 0 N–H and O–H groups in total. The van der Waals surface area contributed by atoms with Crippen LogP contribution in [0.4, 0.5) is 5.69 Å². The molecule has 0 saturated carbocycles. The van der Waals surface area contributed by atoms with Crippen molar-refractivity contribution in [3.63, 3.8) is 0 Å². The third-order valence-corrected chi connectivity index (χ3v) is 4.56. The van der Waals surface area contributed by atoms with Gasteiger partial charge >= 0.3 is 11.6 Å². The van der Waals surface area contributed by atoms with Crippen LogP contribution in [-0.2, 0) is 4.79 Å². The molecule has 0 spiro atoms. The van der Waals surface area contributed by atoms with Crippen molar-refractivity contribution in [2.45, 2.75) is 25.0 Å². The molecule has 0 aliphatic carbocycles. The molecule has 3 rings (SSSR count). The summed E-state index contributed by atoms with van der Waals surface area (Å²) in [5.41, 5.74) is -0.00986. The Morgan fingerprint density at radius 2 is 2.20 bits per heavy atom. The van der Waals surface area contributed by atoms with Crippen LogP contribution in [0.5, 0.6) is 0 Å². The monoisotopic (exact) mass is 339 g/mol. The molecule has 1 fully saturated rings. The second-order valence-electron chi connectivity index (χ2n) is 5.15. The Labute approximate surface area is 124 Å². The predicted molar refractivity (Wildman–Crippen MR) is 77.0 cm³/mol. The number of nitro groups is 1. The van der Waals surface area contributed by atoms with Gasteiger partial charge in [0.05, 0.1) is 4.92 Å². The molecule has 7 heteroatoms.